The van der Waals surface area contributed by atoms with E-state index in [2.05, 4.69) is 34.4 Å². The van der Waals surface area contributed by atoms with E-state index in [1.807, 2.05) is 13.1 Å². The molecule has 0 radical (unpaired) electrons. The largest absolute Gasteiger partial charge is 0.311 e. The van der Waals surface area contributed by atoms with Crippen LogP contribution in [0.25, 0.3) is 0 Å². The van der Waals surface area contributed by atoms with Crippen molar-refractivity contribution in [3.63, 3.8) is 0 Å². The molecule has 18 heavy (non-hydrogen) atoms. The van der Waals surface area contributed by atoms with Gasteiger partial charge in [0.25, 0.3) is 0 Å². The lowest BCUT2D eigenvalue weighted by Crippen LogP contribution is -2.35. The van der Waals surface area contributed by atoms with Crippen LogP contribution in [0.2, 0.25) is 0 Å². The third-order valence-corrected chi connectivity index (χ3v) is 3.89. The fourth-order valence-corrected chi connectivity index (χ4v) is 2.62. The van der Waals surface area contributed by atoms with Gasteiger partial charge in [-0.15, -0.1) is 0 Å². The van der Waals surface area contributed by atoms with E-state index in [1.54, 1.807) is 0 Å². The molecule has 1 aromatic heterocycles. The maximum atomic E-state index is 4.31. The molecular weight excluding hydrogens is 222 g/mol. The van der Waals surface area contributed by atoms with Crippen LogP contribution in [-0.4, -0.2) is 36.1 Å². The van der Waals surface area contributed by atoms with E-state index in [0.717, 1.165) is 31.4 Å². The van der Waals surface area contributed by atoms with E-state index in [-0.39, 0.29) is 0 Å². The smallest absolute Gasteiger partial charge is 0.0372 e. The lowest BCUT2D eigenvalue weighted by Gasteiger charge is -2.23. The van der Waals surface area contributed by atoms with Crippen molar-refractivity contribution >= 4 is 0 Å². The van der Waals surface area contributed by atoms with Crippen molar-refractivity contribution < 1.29 is 0 Å². The van der Waals surface area contributed by atoms with Gasteiger partial charge in [0.1, 0.15) is 0 Å². The molecule has 1 saturated carbocycles. The summed E-state index contributed by atoms with van der Waals surface area (Å²) in [7, 11) is 2.26. The molecule has 0 amide bonds. The van der Waals surface area contributed by atoms with Gasteiger partial charge in [-0.1, -0.05) is 18.9 Å². The van der Waals surface area contributed by atoms with Crippen molar-refractivity contribution in [2.45, 2.75) is 45.2 Å². The minimum absolute atomic E-state index is 0.827. The first-order valence-corrected chi connectivity index (χ1v) is 7.08. The number of rotatable bonds is 6. The van der Waals surface area contributed by atoms with Crippen LogP contribution in [0.1, 0.15) is 36.9 Å². The lowest BCUT2D eigenvalue weighted by atomic mass is 10.2. The summed E-state index contributed by atoms with van der Waals surface area (Å²) in [6, 6.07) is 5.05. The van der Waals surface area contributed by atoms with Crippen molar-refractivity contribution in [1.29, 1.82) is 0 Å². The topological polar surface area (TPSA) is 28.2 Å². The molecule has 1 heterocycles. The Kier molecular flexibility index (Phi) is 5.14. The highest BCUT2D eigenvalue weighted by Crippen LogP contribution is 2.21. The molecule has 1 fully saturated rings. The van der Waals surface area contributed by atoms with Gasteiger partial charge in [0.2, 0.25) is 0 Å². The fraction of sp³-hybridized carbons (Fsp3) is 0.667. The average molecular weight is 247 g/mol. The van der Waals surface area contributed by atoms with Gasteiger partial charge >= 0.3 is 0 Å². The summed E-state index contributed by atoms with van der Waals surface area (Å²) in [4.78, 5) is 6.81. The van der Waals surface area contributed by atoms with Gasteiger partial charge in [-0.3, -0.25) is 4.98 Å². The van der Waals surface area contributed by atoms with Crippen LogP contribution in [-0.2, 0) is 6.54 Å². The number of likely N-dealkylation sites (N-methyl/N-ethyl adjacent to an activating group) is 1. The van der Waals surface area contributed by atoms with Crippen molar-refractivity contribution in [3.8, 4) is 0 Å². The zero-order valence-corrected chi connectivity index (χ0v) is 11.7. The van der Waals surface area contributed by atoms with Gasteiger partial charge < -0.3 is 10.2 Å². The van der Waals surface area contributed by atoms with Gasteiger partial charge in [0.05, 0.1) is 0 Å². The molecule has 1 N–H and O–H groups in total. The Morgan fingerprint density at radius 2 is 2.11 bits per heavy atom. The molecule has 2 rings (SSSR count). The highest BCUT2D eigenvalue weighted by atomic mass is 15.1. The summed E-state index contributed by atoms with van der Waals surface area (Å²) in [5, 5.41) is 3.49. The minimum atomic E-state index is 0.827. The predicted molar refractivity (Wildman–Crippen MR) is 75.6 cm³/mol. The summed E-state index contributed by atoms with van der Waals surface area (Å²) in [5.74, 6) is 0. The van der Waals surface area contributed by atoms with Gasteiger partial charge in [0.15, 0.2) is 0 Å². The molecule has 0 bridgehead atoms. The summed E-state index contributed by atoms with van der Waals surface area (Å²) in [5.41, 5.74) is 2.35. The van der Waals surface area contributed by atoms with Crippen LogP contribution < -0.4 is 5.32 Å². The van der Waals surface area contributed by atoms with Crippen LogP contribution in [0.3, 0.4) is 0 Å². The lowest BCUT2D eigenvalue weighted by molar-refractivity contribution is 0.245. The number of hydrogen-bond donors (Lipinski definition) is 1. The average Bonchev–Trinajstić information content (AvgIpc) is 2.90. The quantitative estimate of drug-likeness (QED) is 0.782. The maximum Gasteiger partial charge on any atom is 0.0372 e. The standard InChI is InChI=1S/C15H25N3/c1-13-7-8-14(12-17-13)11-16-9-10-18(2)15-5-3-4-6-15/h7-8,12,15-16H,3-6,9-11H2,1-2H3. The normalized spacial score (nSPS) is 16.6. The van der Waals surface area contributed by atoms with Crippen LogP contribution in [0.5, 0.6) is 0 Å². The second-order valence-corrected chi connectivity index (χ2v) is 5.40. The van der Waals surface area contributed by atoms with E-state index < -0.39 is 0 Å². The molecule has 0 aliphatic heterocycles. The Labute approximate surface area is 111 Å². The molecule has 0 atom stereocenters. The molecule has 1 aliphatic rings. The van der Waals surface area contributed by atoms with Crippen molar-refractivity contribution in [1.82, 2.24) is 15.2 Å². The van der Waals surface area contributed by atoms with Crippen LogP contribution >= 0.6 is 0 Å². The molecule has 3 nitrogen and oxygen atoms in total. The second kappa shape index (κ2) is 6.86. The molecule has 3 heteroatoms. The number of hydrogen-bond acceptors (Lipinski definition) is 3. The van der Waals surface area contributed by atoms with Crippen LogP contribution in [0, 0.1) is 6.92 Å². The zero-order valence-electron chi connectivity index (χ0n) is 11.7. The third-order valence-electron chi connectivity index (χ3n) is 3.89. The van der Waals surface area contributed by atoms with Gasteiger partial charge in [0, 0.05) is 37.6 Å². The van der Waals surface area contributed by atoms with Gasteiger partial charge in [-0.05, 0) is 38.4 Å². The summed E-state index contributed by atoms with van der Waals surface area (Å²) < 4.78 is 0. The fourth-order valence-electron chi connectivity index (χ4n) is 2.62. The Balaban J connectivity index is 1.62. The summed E-state index contributed by atoms with van der Waals surface area (Å²) in [6.45, 7) is 5.14. The molecule has 0 saturated heterocycles. The molecule has 1 aromatic rings. The molecule has 0 aromatic carbocycles. The number of nitrogens with zero attached hydrogens (tertiary/aromatic N) is 2. The van der Waals surface area contributed by atoms with E-state index in [9.17, 15) is 0 Å². The Bertz CT molecular complexity index is 341. The van der Waals surface area contributed by atoms with Crippen LogP contribution in [0.4, 0.5) is 0 Å². The molecule has 100 valence electrons. The van der Waals surface area contributed by atoms with E-state index in [0.29, 0.717) is 0 Å². The first-order valence-electron chi connectivity index (χ1n) is 7.08. The number of aryl methyl sites for hydroxylation is 1. The van der Waals surface area contributed by atoms with E-state index in [1.165, 1.54) is 31.2 Å². The third kappa shape index (κ3) is 4.07. The molecule has 1 aliphatic carbocycles. The summed E-state index contributed by atoms with van der Waals surface area (Å²) in [6.07, 6.45) is 7.56. The highest BCUT2D eigenvalue weighted by Gasteiger charge is 2.18. The number of nitrogens with one attached hydrogen (secondary N) is 1. The molecule has 0 unspecified atom stereocenters. The van der Waals surface area contributed by atoms with Crippen molar-refractivity contribution in [3.05, 3.63) is 29.6 Å². The van der Waals surface area contributed by atoms with E-state index in [4.69, 9.17) is 0 Å². The first kappa shape index (κ1) is 13.5. The highest BCUT2D eigenvalue weighted by molar-refractivity contribution is 5.12. The maximum absolute atomic E-state index is 4.31. The zero-order chi connectivity index (χ0) is 12.8. The number of aromatic nitrogens is 1. The van der Waals surface area contributed by atoms with Gasteiger partial charge in [-0.25, -0.2) is 0 Å². The second-order valence-electron chi connectivity index (χ2n) is 5.40. The number of pyridine rings is 1. The van der Waals surface area contributed by atoms with Crippen molar-refractivity contribution in [2.75, 3.05) is 20.1 Å². The van der Waals surface area contributed by atoms with E-state index >= 15 is 0 Å². The molecule has 0 spiro atoms. The monoisotopic (exact) mass is 247 g/mol. The SMILES string of the molecule is Cc1ccc(CNCCN(C)C2CCCC2)cn1. The first-order chi connectivity index (χ1) is 8.75. The Morgan fingerprint density at radius 1 is 1.33 bits per heavy atom. The van der Waals surface area contributed by atoms with Gasteiger partial charge in [-0.2, -0.15) is 0 Å². The van der Waals surface area contributed by atoms with Crippen LogP contribution in [0.15, 0.2) is 18.3 Å². The Morgan fingerprint density at radius 3 is 2.78 bits per heavy atom. The Hall–Kier alpha value is -0.930. The van der Waals surface area contributed by atoms with Crippen molar-refractivity contribution in [2.24, 2.45) is 0 Å². The molecular formula is C15H25N3. The minimum Gasteiger partial charge on any atom is -0.311 e. The predicted octanol–water partition coefficient (Wildman–Crippen LogP) is 2.35. The summed E-state index contributed by atoms with van der Waals surface area (Å²) >= 11 is 0.